The second-order valence-corrected chi connectivity index (χ2v) is 6.41. The van der Waals surface area contributed by atoms with Crippen molar-refractivity contribution in [1.29, 1.82) is 0 Å². The van der Waals surface area contributed by atoms with Crippen molar-refractivity contribution in [1.82, 2.24) is 0 Å². The molecule has 1 aliphatic rings. The standard InChI is InChI=1S/C18H24O4/c1-12(6-5-7-16(20)17(21)22)8-9-15-13(2)10-14(19)11-18(15,3)4/h5-9,14,19H,10-11H2,1-4H3,(H,21,22)/b7-5+,9-8+,12-6+. The Morgan fingerprint density at radius 3 is 2.45 bits per heavy atom. The summed E-state index contributed by atoms with van der Waals surface area (Å²) in [6, 6.07) is 0. The average molecular weight is 304 g/mol. The van der Waals surface area contributed by atoms with E-state index < -0.39 is 11.8 Å². The van der Waals surface area contributed by atoms with E-state index in [9.17, 15) is 14.7 Å². The Hall–Kier alpha value is -1.94. The van der Waals surface area contributed by atoms with Crippen LogP contribution in [-0.4, -0.2) is 28.1 Å². The first-order valence-electron chi connectivity index (χ1n) is 7.32. The van der Waals surface area contributed by atoms with Crippen molar-refractivity contribution in [3.8, 4) is 0 Å². The van der Waals surface area contributed by atoms with E-state index in [0.717, 1.165) is 18.1 Å². The molecule has 0 aliphatic heterocycles. The Labute approximate surface area is 131 Å². The van der Waals surface area contributed by atoms with E-state index in [0.29, 0.717) is 6.42 Å². The van der Waals surface area contributed by atoms with Gasteiger partial charge in [0.15, 0.2) is 0 Å². The fraction of sp³-hybridized carbons (Fsp3) is 0.444. The first-order valence-corrected chi connectivity index (χ1v) is 7.32. The minimum atomic E-state index is -1.46. The Morgan fingerprint density at radius 1 is 1.27 bits per heavy atom. The molecule has 4 heteroatoms. The SMILES string of the molecule is CC1=C(/C=C/C(C)=C/C=C/C(=O)C(=O)O)C(C)(C)CC(O)C1. The van der Waals surface area contributed by atoms with Crippen LogP contribution >= 0.6 is 0 Å². The van der Waals surface area contributed by atoms with E-state index in [1.54, 1.807) is 6.08 Å². The number of ketones is 1. The van der Waals surface area contributed by atoms with Crippen molar-refractivity contribution in [3.63, 3.8) is 0 Å². The lowest BCUT2D eigenvalue weighted by Gasteiger charge is -2.35. The molecular formula is C18H24O4. The highest BCUT2D eigenvalue weighted by Gasteiger charge is 2.31. The number of rotatable bonds is 5. The van der Waals surface area contributed by atoms with Gasteiger partial charge in [-0.2, -0.15) is 0 Å². The molecule has 0 amide bonds. The van der Waals surface area contributed by atoms with Gasteiger partial charge >= 0.3 is 5.97 Å². The number of carbonyl (C=O) groups excluding carboxylic acids is 1. The summed E-state index contributed by atoms with van der Waals surface area (Å²) in [5.74, 6) is -2.39. The van der Waals surface area contributed by atoms with Crippen LogP contribution in [0.2, 0.25) is 0 Å². The van der Waals surface area contributed by atoms with E-state index in [4.69, 9.17) is 5.11 Å². The summed E-state index contributed by atoms with van der Waals surface area (Å²) < 4.78 is 0. The number of aliphatic hydroxyl groups is 1. The third-order valence-electron chi connectivity index (χ3n) is 3.81. The molecule has 0 aromatic rings. The molecule has 1 unspecified atom stereocenters. The Balaban J connectivity index is 2.85. The Bertz CT molecular complexity index is 574. The molecule has 0 bridgehead atoms. The molecule has 0 fully saturated rings. The molecule has 0 saturated heterocycles. The molecule has 1 rings (SSSR count). The van der Waals surface area contributed by atoms with Gasteiger partial charge in [0.05, 0.1) is 6.10 Å². The zero-order valence-corrected chi connectivity index (χ0v) is 13.6. The van der Waals surface area contributed by atoms with E-state index in [2.05, 4.69) is 13.8 Å². The van der Waals surface area contributed by atoms with Crippen LogP contribution in [0.1, 0.15) is 40.5 Å². The molecule has 0 heterocycles. The number of aliphatic hydroxyl groups excluding tert-OH is 1. The average Bonchev–Trinajstić information content (AvgIpc) is 2.35. The molecule has 0 saturated carbocycles. The number of hydrogen-bond acceptors (Lipinski definition) is 3. The van der Waals surface area contributed by atoms with Crippen LogP contribution < -0.4 is 0 Å². The molecule has 0 aromatic heterocycles. The zero-order chi connectivity index (χ0) is 16.9. The van der Waals surface area contributed by atoms with E-state index in [1.807, 2.05) is 26.0 Å². The highest BCUT2D eigenvalue weighted by atomic mass is 16.4. The maximum atomic E-state index is 10.9. The largest absolute Gasteiger partial charge is 0.475 e. The van der Waals surface area contributed by atoms with Crippen LogP contribution in [0, 0.1) is 5.41 Å². The lowest BCUT2D eigenvalue weighted by molar-refractivity contribution is -0.146. The smallest absolute Gasteiger partial charge is 0.376 e. The van der Waals surface area contributed by atoms with Gasteiger partial charge in [-0.15, -0.1) is 0 Å². The van der Waals surface area contributed by atoms with Crippen molar-refractivity contribution in [3.05, 3.63) is 47.1 Å². The van der Waals surface area contributed by atoms with Crippen LogP contribution in [-0.2, 0) is 9.59 Å². The minimum Gasteiger partial charge on any atom is -0.475 e. The maximum absolute atomic E-state index is 10.9. The monoisotopic (exact) mass is 304 g/mol. The number of carbonyl (C=O) groups is 2. The van der Waals surface area contributed by atoms with Gasteiger partial charge in [0.25, 0.3) is 5.78 Å². The normalized spacial score (nSPS) is 22.6. The fourth-order valence-electron chi connectivity index (χ4n) is 2.81. The molecule has 0 spiro atoms. The third-order valence-corrected chi connectivity index (χ3v) is 3.81. The lowest BCUT2D eigenvalue weighted by atomic mass is 9.71. The second-order valence-electron chi connectivity index (χ2n) is 6.41. The zero-order valence-electron chi connectivity index (χ0n) is 13.6. The molecule has 1 aliphatic carbocycles. The summed E-state index contributed by atoms with van der Waals surface area (Å²) in [6.07, 6.45) is 9.29. The maximum Gasteiger partial charge on any atom is 0.376 e. The molecule has 0 radical (unpaired) electrons. The summed E-state index contributed by atoms with van der Waals surface area (Å²) in [5.41, 5.74) is 3.24. The van der Waals surface area contributed by atoms with E-state index >= 15 is 0 Å². The summed E-state index contributed by atoms with van der Waals surface area (Å²) in [7, 11) is 0. The fourth-order valence-corrected chi connectivity index (χ4v) is 2.81. The minimum absolute atomic E-state index is 0.0758. The summed E-state index contributed by atoms with van der Waals surface area (Å²) in [6.45, 7) is 8.15. The highest BCUT2D eigenvalue weighted by molar-refractivity contribution is 6.37. The van der Waals surface area contributed by atoms with Gasteiger partial charge in [0.1, 0.15) is 0 Å². The van der Waals surface area contributed by atoms with Crippen LogP contribution in [0.25, 0.3) is 0 Å². The van der Waals surface area contributed by atoms with Crippen LogP contribution in [0.4, 0.5) is 0 Å². The number of carboxylic acid groups (broad SMARTS) is 1. The molecule has 1 atom stereocenters. The van der Waals surface area contributed by atoms with Gasteiger partial charge in [0, 0.05) is 0 Å². The molecule has 22 heavy (non-hydrogen) atoms. The van der Waals surface area contributed by atoms with Crippen molar-refractivity contribution in [2.45, 2.75) is 46.6 Å². The van der Waals surface area contributed by atoms with Crippen molar-refractivity contribution in [2.75, 3.05) is 0 Å². The summed E-state index contributed by atoms with van der Waals surface area (Å²) >= 11 is 0. The second kappa shape index (κ2) is 7.36. The van der Waals surface area contributed by atoms with Gasteiger partial charge in [-0.25, -0.2) is 4.79 Å². The van der Waals surface area contributed by atoms with Gasteiger partial charge in [0.2, 0.25) is 0 Å². The van der Waals surface area contributed by atoms with Gasteiger partial charge in [-0.3, -0.25) is 4.79 Å². The predicted octanol–water partition coefficient (Wildman–Crippen LogP) is 3.20. The van der Waals surface area contributed by atoms with Crippen molar-refractivity contribution < 1.29 is 19.8 Å². The molecule has 0 aromatic carbocycles. The topological polar surface area (TPSA) is 74.6 Å². The van der Waals surface area contributed by atoms with E-state index in [1.165, 1.54) is 17.2 Å². The molecule has 2 N–H and O–H groups in total. The number of allylic oxidation sites excluding steroid dienone is 6. The van der Waals surface area contributed by atoms with E-state index in [-0.39, 0.29) is 11.5 Å². The highest BCUT2D eigenvalue weighted by Crippen LogP contribution is 2.40. The lowest BCUT2D eigenvalue weighted by Crippen LogP contribution is -2.28. The van der Waals surface area contributed by atoms with Crippen LogP contribution in [0.15, 0.2) is 47.1 Å². The molecule has 4 nitrogen and oxygen atoms in total. The van der Waals surface area contributed by atoms with Crippen molar-refractivity contribution >= 4 is 11.8 Å². The Morgan fingerprint density at radius 2 is 1.91 bits per heavy atom. The first-order chi connectivity index (χ1) is 10.1. The number of aliphatic carboxylic acids is 1. The first kappa shape index (κ1) is 18.1. The number of hydrogen-bond donors (Lipinski definition) is 2. The molecular weight excluding hydrogens is 280 g/mol. The predicted molar refractivity (Wildman–Crippen MR) is 86.4 cm³/mol. The van der Waals surface area contributed by atoms with Gasteiger partial charge < -0.3 is 10.2 Å². The van der Waals surface area contributed by atoms with Gasteiger partial charge in [-0.05, 0) is 43.8 Å². The van der Waals surface area contributed by atoms with Gasteiger partial charge in [-0.1, -0.05) is 49.3 Å². The third kappa shape index (κ3) is 5.11. The Kier molecular flexibility index (Phi) is 6.06. The van der Waals surface area contributed by atoms with Crippen LogP contribution in [0.5, 0.6) is 0 Å². The van der Waals surface area contributed by atoms with Crippen LogP contribution in [0.3, 0.4) is 0 Å². The summed E-state index contributed by atoms with van der Waals surface area (Å²) in [4.78, 5) is 21.3. The van der Waals surface area contributed by atoms with Crippen molar-refractivity contribution in [2.24, 2.45) is 5.41 Å². The summed E-state index contributed by atoms with van der Waals surface area (Å²) in [5, 5.41) is 18.3. The number of carboxylic acids is 1. The quantitative estimate of drug-likeness (QED) is 0.465. The molecule has 120 valence electrons.